The Morgan fingerprint density at radius 1 is 1.05 bits per heavy atom. The number of rotatable bonds is 2. The van der Waals surface area contributed by atoms with Crippen LogP contribution in [-0.2, 0) is 12.0 Å². The van der Waals surface area contributed by atoms with Gasteiger partial charge in [-0.05, 0) is 16.5 Å². The standard InChI is InChI=1S/C16H17ClN4/c1-16(2,3)12-6-4-11(5-7-12)8-21-10-20-15-13(21)14(17)18-9-19-15/h4-7,9-10H,8H2,1-3H3. The van der Waals surface area contributed by atoms with Crippen molar-refractivity contribution in [3.05, 3.63) is 53.2 Å². The van der Waals surface area contributed by atoms with E-state index in [0.717, 1.165) is 5.52 Å². The quantitative estimate of drug-likeness (QED) is 0.676. The third kappa shape index (κ3) is 2.76. The second-order valence-electron chi connectivity index (χ2n) is 6.16. The predicted molar refractivity (Wildman–Crippen MR) is 84.6 cm³/mol. The van der Waals surface area contributed by atoms with Crippen molar-refractivity contribution >= 4 is 22.8 Å². The van der Waals surface area contributed by atoms with Crippen LogP contribution in [0.15, 0.2) is 36.9 Å². The average Bonchev–Trinajstić information content (AvgIpc) is 2.83. The number of benzene rings is 1. The molecule has 3 aromatic rings. The molecule has 0 saturated carbocycles. The molecule has 0 N–H and O–H groups in total. The van der Waals surface area contributed by atoms with E-state index in [2.05, 4.69) is 60.0 Å². The van der Waals surface area contributed by atoms with Crippen molar-refractivity contribution in [3.8, 4) is 0 Å². The number of halogens is 1. The van der Waals surface area contributed by atoms with E-state index < -0.39 is 0 Å². The summed E-state index contributed by atoms with van der Waals surface area (Å²) in [5.74, 6) is 0. The molecule has 0 spiro atoms. The van der Waals surface area contributed by atoms with E-state index in [1.165, 1.54) is 17.5 Å². The molecule has 5 heteroatoms. The van der Waals surface area contributed by atoms with Gasteiger partial charge in [0.05, 0.1) is 6.33 Å². The second-order valence-corrected chi connectivity index (χ2v) is 6.51. The van der Waals surface area contributed by atoms with E-state index in [-0.39, 0.29) is 5.41 Å². The molecule has 4 nitrogen and oxygen atoms in total. The summed E-state index contributed by atoms with van der Waals surface area (Å²) in [4.78, 5) is 12.4. The summed E-state index contributed by atoms with van der Waals surface area (Å²) >= 11 is 6.14. The molecule has 2 aromatic heterocycles. The first kappa shape index (κ1) is 14.0. The minimum Gasteiger partial charge on any atom is -0.322 e. The maximum absolute atomic E-state index is 6.14. The Hall–Kier alpha value is -1.94. The highest BCUT2D eigenvalue weighted by Crippen LogP contribution is 2.23. The van der Waals surface area contributed by atoms with Gasteiger partial charge in [0.15, 0.2) is 10.8 Å². The number of fused-ring (bicyclic) bond motifs is 1. The SMILES string of the molecule is CC(C)(C)c1ccc(Cn2cnc3ncnc(Cl)c32)cc1. The highest BCUT2D eigenvalue weighted by molar-refractivity contribution is 6.33. The molecule has 0 aliphatic rings. The number of hydrogen-bond donors (Lipinski definition) is 0. The molecule has 0 radical (unpaired) electrons. The Labute approximate surface area is 128 Å². The highest BCUT2D eigenvalue weighted by Gasteiger charge is 2.13. The van der Waals surface area contributed by atoms with Gasteiger partial charge in [0.1, 0.15) is 11.8 Å². The molecule has 1 aromatic carbocycles. The number of nitrogens with zero attached hydrogens (tertiary/aromatic N) is 4. The lowest BCUT2D eigenvalue weighted by atomic mass is 9.87. The van der Waals surface area contributed by atoms with Crippen LogP contribution < -0.4 is 0 Å². The fraction of sp³-hybridized carbons (Fsp3) is 0.312. The van der Waals surface area contributed by atoms with Crippen molar-refractivity contribution in [2.45, 2.75) is 32.7 Å². The maximum Gasteiger partial charge on any atom is 0.182 e. The molecule has 0 aliphatic carbocycles. The van der Waals surface area contributed by atoms with Crippen molar-refractivity contribution in [3.63, 3.8) is 0 Å². The van der Waals surface area contributed by atoms with Crippen LogP contribution in [0.1, 0.15) is 31.9 Å². The third-order valence-electron chi connectivity index (χ3n) is 3.54. The van der Waals surface area contributed by atoms with Crippen LogP contribution in [-0.4, -0.2) is 19.5 Å². The molecule has 0 aliphatic heterocycles. The molecular formula is C16H17ClN4. The van der Waals surface area contributed by atoms with E-state index in [1.807, 2.05) is 4.57 Å². The molecule has 0 atom stereocenters. The van der Waals surface area contributed by atoms with Crippen LogP contribution in [0.25, 0.3) is 11.2 Å². The van der Waals surface area contributed by atoms with Gasteiger partial charge in [0.2, 0.25) is 0 Å². The van der Waals surface area contributed by atoms with Crippen molar-refractivity contribution in [2.24, 2.45) is 0 Å². The summed E-state index contributed by atoms with van der Waals surface area (Å²) in [7, 11) is 0. The van der Waals surface area contributed by atoms with E-state index in [0.29, 0.717) is 17.3 Å². The summed E-state index contributed by atoms with van der Waals surface area (Å²) in [6.07, 6.45) is 3.18. The molecule has 3 rings (SSSR count). The lowest BCUT2D eigenvalue weighted by Gasteiger charge is -2.19. The van der Waals surface area contributed by atoms with Crippen LogP contribution in [0, 0.1) is 0 Å². The van der Waals surface area contributed by atoms with E-state index in [4.69, 9.17) is 11.6 Å². The van der Waals surface area contributed by atoms with E-state index >= 15 is 0 Å². The first-order valence-corrected chi connectivity index (χ1v) is 7.24. The molecule has 108 valence electrons. The fourth-order valence-corrected chi connectivity index (χ4v) is 2.54. The van der Waals surface area contributed by atoms with Crippen LogP contribution in [0.4, 0.5) is 0 Å². The Morgan fingerprint density at radius 3 is 2.43 bits per heavy atom. The summed E-state index contributed by atoms with van der Waals surface area (Å²) < 4.78 is 1.98. The van der Waals surface area contributed by atoms with Crippen molar-refractivity contribution in [2.75, 3.05) is 0 Å². The molecule has 0 bridgehead atoms. The number of hydrogen-bond acceptors (Lipinski definition) is 3. The summed E-state index contributed by atoms with van der Waals surface area (Å²) in [5, 5.41) is 0.434. The van der Waals surface area contributed by atoms with Gasteiger partial charge in [0.25, 0.3) is 0 Å². The molecule has 0 unspecified atom stereocenters. The zero-order valence-corrected chi connectivity index (χ0v) is 13.1. The van der Waals surface area contributed by atoms with Crippen molar-refractivity contribution in [1.82, 2.24) is 19.5 Å². The summed E-state index contributed by atoms with van der Waals surface area (Å²) in [5.41, 5.74) is 4.09. The zero-order chi connectivity index (χ0) is 15.0. The van der Waals surface area contributed by atoms with Crippen LogP contribution in [0.5, 0.6) is 0 Å². The van der Waals surface area contributed by atoms with Gasteiger partial charge < -0.3 is 4.57 Å². The van der Waals surface area contributed by atoms with Gasteiger partial charge >= 0.3 is 0 Å². The third-order valence-corrected chi connectivity index (χ3v) is 3.81. The van der Waals surface area contributed by atoms with E-state index in [1.54, 1.807) is 6.33 Å². The van der Waals surface area contributed by atoms with Crippen LogP contribution >= 0.6 is 11.6 Å². The molecule has 0 fully saturated rings. The highest BCUT2D eigenvalue weighted by atomic mass is 35.5. The molecule has 0 amide bonds. The Balaban J connectivity index is 1.92. The first-order chi connectivity index (χ1) is 9.95. The molecule has 2 heterocycles. The van der Waals surface area contributed by atoms with Gasteiger partial charge in [-0.15, -0.1) is 0 Å². The minimum atomic E-state index is 0.164. The molecule has 0 saturated heterocycles. The van der Waals surface area contributed by atoms with E-state index in [9.17, 15) is 0 Å². The largest absolute Gasteiger partial charge is 0.322 e. The average molecular weight is 301 g/mol. The fourth-order valence-electron chi connectivity index (χ4n) is 2.30. The predicted octanol–water partition coefficient (Wildman–Crippen LogP) is 3.83. The summed E-state index contributed by atoms with van der Waals surface area (Å²) in [6.45, 7) is 7.33. The monoisotopic (exact) mass is 300 g/mol. The molecular weight excluding hydrogens is 284 g/mol. The van der Waals surface area contributed by atoms with Crippen LogP contribution in [0.3, 0.4) is 0 Å². The van der Waals surface area contributed by atoms with Gasteiger partial charge in [-0.25, -0.2) is 15.0 Å². The zero-order valence-electron chi connectivity index (χ0n) is 12.3. The van der Waals surface area contributed by atoms with Gasteiger partial charge in [-0.1, -0.05) is 56.6 Å². The first-order valence-electron chi connectivity index (χ1n) is 6.86. The number of imidazole rings is 1. The second kappa shape index (κ2) is 5.11. The van der Waals surface area contributed by atoms with Crippen molar-refractivity contribution in [1.29, 1.82) is 0 Å². The maximum atomic E-state index is 6.14. The Morgan fingerprint density at radius 2 is 1.76 bits per heavy atom. The Kier molecular flexibility index (Phi) is 3.41. The van der Waals surface area contributed by atoms with Gasteiger partial charge in [-0.2, -0.15) is 0 Å². The molecule has 21 heavy (non-hydrogen) atoms. The smallest absolute Gasteiger partial charge is 0.182 e. The lowest BCUT2D eigenvalue weighted by Crippen LogP contribution is -2.11. The van der Waals surface area contributed by atoms with Crippen molar-refractivity contribution < 1.29 is 0 Å². The van der Waals surface area contributed by atoms with Gasteiger partial charge in [0, 0.05) is 6.54 Å². The Bertz CT molecular complexity index is 769. The minimum absolute atomic E-state index is 0.164. The number of aromatic nitrogens is 4. The topological polar surface area (TPSA) is 43.6 Å². The summed E-state index contributed by atoms with van der Waals surface area (Å²) in [6, 6.07) is 8.63. The van der Waals surface area contributed by atoms with Crippen LogP contribution in [0.2, 0.25) is 5.15 Å². The van der Waals surface area contributed by atoms with Gasteiger partial charge in [-0.3, -0.25) is 0 Å². The lowest BCUT2D eigenvalue weighted by molar-refractivity contribution is 0.590. The normalized spacial score (nSPS) is 12.0.